The molecule has 0 atom stereocenters. The summed E-state index contributed by atoms with van der Waals surface area (Å²) in [6, 6.07) is 8.77. The van der Waals surface area contributed by atoms with Crippen molar-refractivity contribution in [3.8, 4) is 11.5 Å². The van der Waals surface area contributed by atoms with E-state index in [1.54, 1.807) is 12.4 Å². The van der Waals surface area contributed by atoms with Crippen LogP contribution in [0.2, 0.25) is 0 Å². The van der Waals surface area contributed by atoms with Crippen molar-refractivity contribution in [3.63, 3.8) is 0 Å². The Balaban J connectivity index is 1.06. The Morgan fingerprint density at radius 2 is 1.91 bits per heavy atom. The molecule has 9 nitrogen and oxygen atoms in total. The first-order valence-corrected chi connectivity index (χ1v) is 11.2. The third-order valence-electron chi connectivity index (χ3n) is 6.40. The van der Waals surface area contributed by atoms with Gasteiger partial charge in [-0.05, 0) is 29.5 Å². The fourth-order valence-electron chi connectivity index (χ4n) is 4.67. The standard InChI is InChI=1S/C24H23N7O2/c32-22(31-8-6-20-17(14-31)5-7-25-20)11-21-29-30-23(33-21)18-12-26-24(27-13-18)28-19-9-15-3-1-2-4-16(15)10-19/h1-4,7,12-13,19H,5-6,8-11,14H2,(H,26,27,28). The van der Waals surface area contributed by atoms with Crippen molar-refractivity contribution in [2.24, 2.45) is 4.99 Å². The average Bonchev–Trinajstić information content (AvgIpc) is 3.58. The second kappa shape index (κ2) is 8.23. The number of nitrogens with zero attached hydrogens (tertiary/aromatic N) is 6. The molecule has 4 heterocycles. The van der Waals surface area contributed by atoms with Crippen LogP contribution in [0.4, 0.5) is 5.95 Å². The first kappa shape index (κ1) is 19.8. The zero-order chi connectivity index (χ0) is 22.2. The minimum atomic E-state index is -0.0167. The van der Waals surface area contributed by atoms with Crippen molar-refractivity contribution >= 4 is 18.1 Å². The van der Waals surface area contributed by atoms with Crippen LogP contribution in [0.5, 0.6) is 0 Å². The number of nitrogens with one attached hydrogen (secondary N) is 1. The molecule has 1 aromatic carbocycles. The maximum Gasteiger partial charge on any atom is 0.250 e. The van der Waals surface area contributed by atoms with Crippen LogP contribution in [0.1, 0.15) is 29.9 Å². The summed E-state index contributed by atoms with van der Waals surface area (Å²) in [7, 11) is 0. The van der Waals surface area contributed by atoms with E-state index in [-0.39, 0.29) is 18.4 Å². The van der Waals surface area contributed by atoms with Crippen LogP contribution in [-0.2, 0) is 24.1 Å². The Labute approximate surface area is 190 Å². The number of amides is 1. The topological polar surface area (TPSA) is 109 Å². The molecule has 166 valence electrons. The predicted molar refractivity (Wildman–Crippen MR) is 122 cm³/mol. The summed E-state index contributed by atoms with van der Waals surface area (Å²) >= 11 is 0. The molecule has 0 radical (unpaired) electrons. The zero-order valence-corrected chi connectivity index (χ0v) is 18.1. The molecule has 9 heteroatoms. The number of hydrogen-bond acceptors (Lipinski definition) is 8. The highest BCUT2D eigenvalue weighted by Gasteiger charge is 2.26. The van der Waals surface area contributed by atoms with Gasteiger partial charge in [0, 0.05) is 56.3 Å². The quantitative estimate of drug-likeness (QED) is 0.648. The van der Waals surface area contributed by atoms with E-state index >= 15 is 0 Å². The molecule has 6 rings (SSSR count). The molecule has 3 aromatic rings. The first-order valence-electron chi connectivity index (χ1n) is 11.2. The Bertz CT molecular complexity index is 1240. The Morgan fingerprint density at radius 3 is 2.70 bits per heavy atom. The summed E-state index contributed by atoms with van der Waals surface area (Å²) in [4.78, 5) is 27.7. The normalized spacial score (nSPS) is 17.4. The lowest BCUT2D eigenvalue weighted by Gasteiger charge is -2.27. The third kappa shape index (κ3) is 4.02. The molecule has 0 saturated heterocycles. The Kier molecular flexibility index (Phi) is 4.93. The van der Waals surface area contributed by atoms with Gasteiger partial charge in [0.15, 0.2) is 0 Å². The van der Waals surface area contributed by atoms with E-state index in [1.165, 1.54) is 16.7 Å². The van der Waals surface area contributed by atoms with E-state index in [0.717, 1.165) is 31.4 Å². The smallest absolute Gasteiger partial charge is 0.250 e. The molecule has 0 bridgehead atoms. The minimum Gasteiger partial charge on any atom is -0.420 e. The molecule has 1 N–H and O–H groups in total. The number of fused-ring (bicyclic) bond motifs is 1. The number of rotatable bonds is 5. The molecule has 2 aliphatic heterocycles. The Hall–Kier alpha value is -3.88. The summed E-state index contributed by atoms with van der Waals surface area (Å²) in [5.74, 6) is 1.16. The number of hydrogen-bond donors (Lipinski definition) is 1. The number of aromatic nitrogens is 4. The van der Waals surface area contributed by atoms with Gasteiger partial charge >= 0.3 is 0 Å². The number of benzene rings is 1. The molecule has 33 heavy (non-hydrogen) atoms. The van der Waals surface area contributed by atoms with E-state index in [1.807, 2.05) is 11.1 Å². The second-order valence-electron chi connectivity index (χ2n) is 8.62. The molecular formula is C24H23N7O2. The molecular weight excluding hydrogens is 418 g/mol. The molecule has 1 amide bonds. The van der Waals surface area contributed by atoms with E-state index in [9.17, 15) is 4.79 Å². The van der Waals surface area contributed by atoms with Gasteiger partial charge in [0.25, 0.3) is 5.89 Å². The lowest BCUT2D eigenvalue weighted by Crippen LogP contribution is -2.37. The number of carbonyl (C=O) groups is 1. The van der Waals surface area contributed by atoms with E-state index in [4.69, 9.17) is 4.42 Å². The van der Waals surface area contributed by atoms with Gasteiger partial charge in [0.05, 0.1) is 5.56 Å². The van der Waals surface area contributed by atoms with Crippen molar-refractivity contribution in [1.82, 2.24) is 25.1 Å². The van der Waals surface area contributed by atoms with Gasteiger partial charge in [0.1, 0.15) is 6.42 Å². The van der Waals surface area contributed by atoms with Crippen LogP contribution >= 0.6 is 0 Å². The van der Waals surface area contributed by atoms with Crippen molar-refractivity contribution in [3.05, 3.63) is 64.9 Å². The molecule has 2 aromatic heterocycles. The summed E-state index contributed by atoms with van der Waals surface area (Å²) in [6.07, 6.45) is 8.89. The predicted octanol–water partition coefficient (Wildman–Crippen LogP) is 2.61. The van der Waals surface area contributed by atoms with Crippen molar-refractivity contribution in [1.29, 1.82) is 0 Å². The number of anilines is 1. The first-order chi connectivity index (χ1) is 16.2. The molecule has 3 aliphatic rings. The monoisotopic (exact) mass is 441 g/mol. The molecule has 0 unspecified atom stereocenters. The zero-order valence-electron chi connectivity index (χ0n) is 18.1. The van der Waals surface area contributed by atoms with Gasteiger partial charge in [-0.3, -0.25) is 9.79 Å². The molecule has 0 fully saturated rings. The highest BCUT2D eigenvalue weighted by Crippen LogP contribution is 2.26. The van der Waals surface area contributed by atoms with Crippen LogP contribution in [0.25, 0.3) is 11.5 Å². The lowest BCUT2D eigenvalue weighted by atomic mass is 10.1. The maximum atomic E-state index is 12.7. The van der Waals surface area contributed by atoms with Gasteiger partial charge in [-0.15, -0.1) is 10.2 Å². The number of aliphatic imine (C=N–C) groups is 1. The molecule has 0 spiro atoms. The highest BCUT2D eigenvalue weighted by molar-refractivity contribution is 5.79. The third-order valence-corrected chi connectivity index (χ3v) is 6.40. The Morgan fingerprint density at radius 1 is 1.12 bits per heavy atom. The average molecular weight is 441 g/mol. The summed E-state index contributed by atoms with van der Waals surface area (Å²) in [6.45, 7) is 1.30. The maximum absolute atomic E-state index is 12.7. The van der Waals surface area contributed by atoms with Crippen molar-refractivity contribution in [2.45, 2.75) is 38.1 Å². The van der Waals surface area contributed by atoms with Gasteiger partial charge in [-0.25, -0.2) is 9.97 Å². The van der Waals surface area contributed by atoms with Crippen molar-refractivity contribution in [2.75, 3.05) is 18.4 Å². The van der Waals surface area contributed by atoms with Gasteiger partial charge < -0.3 is 14.6 Å². The minimum absolute atomic E-state index is 0.0167. The summed E-state index contributed by atoms with van der Waals surface area (Å²) in [5, 5.41) is 11.5. The van der Waals surface area contributed by atoms with Gasteiger partial charge in [-0.1, -0.05) is 24.3 Å². The highest BCUT2D eigenvalue weighted by atomic mass is 16.4. The van der Waals surface area contributed by atoms with Crippen molar-refractivity contribution < 1.29 is 9.21 Å². The fourth-order valence-corrected chi connectivity index (χ4v) is 4.67. The summed E-state index contributed by atoms with van der Waals surface area (Å²) in [5.41, 5.74) is 5.73. The van der Waals surface area contributed by atoms with Crippen LogP contribution < -0.4 is 5.32 Å². The van der Waals surface area contributed by atoms with Crippen LogP contribution in [0, 0.1) is 0 Å². The number of carbonyl (C=O) groups excluding carboxylic acids is 1. The van der Waals surface area contributed by atoms with Gasteiger partial charge in [0.2, 0.25) is 17.7 Å². The lowest BCUT2D eigenvalue weighted by molar-refractivity contribution is -0.130. The van der Waals surface area contributed by atoms with Crippen LogP contribution in [0.3, 0.4) is 0 Å². The van der Waals surface area contributed by atoms with E-state index < -0.39 is 0 Å². The SMILES string of the molecule is O=C(Cc1nnc(-c2cnc(NC3Cc4ccccc4C3)nc2)o1)N1CCC2=C(CC=N2)C1. The van der Waals surface area contributed by atoms with Crippen LogP contribution in [-0.4, -0.2) is 56.3 Å². The van der Waals surface area contributed by atoms with E-state index in [0.29, 0.717) is 36.4 Å². The summed E-state index contributed by atoms with van der Waals surface area (Å²) < 4.78 is 5.73. The molecule has 1 aliphatic carbocycles. The molecule has 0 saturated carbocycles. The fraction of sp³-hybridized carbons (Fsp3) is 0.333. The largest absolute Gasteiger partial charge is 0.420 e. The van der Waals surface area contributed by atoms with E-state index in [2.05, 4.69) is 54.7 Å². The van der Waals surface area contributed by atoms with Crippen LogP contribution in [0.15, 0.2) is 57.3 Å². The van der Waals surface area contributed by atoms with Gasteiger partial charge in [-0.2, -0.15) is 0 Å². The second-order valence-corrected chi connectivity index (χ2v) is 8.62.